The normalized spacial score (nSPS) is 11.4. The van der Waals surface area contributed by atoms with Crippen LogP contribution in [-0.4, -0.2) is 18.2 Å². The van der Waals surface area contributed by atoms with Crippen molar-refractivity contribution >= 4 is 27.3 Å². The lowest BCUT2D eigenvalue weighted by Crippen LogP contribution is -2.13. The minimum atomic E-state index is -3.67. The maximum Gasteiger partial charge on any atom is 0.263 e. The first-order valence-corrected chi connectivity index (χ1v) is 7.19. The molecule has 1 aromatic heterocycles. The zero-order chi connectivity index (χ0) is 13.2. The molecule has 0 radical (unpaired) electrons. The molecule has 2 rings (SSSR count). The zero-order valence-corrected chi connectivity index (χ0v) is 11.2. The molecule has 0 saturated carbocycles. The van der Waals surface area contributed by atoms with Crippen molar-refractivity contribution in [2.75, 3.05) is 4.72 Å². The largest absolute Gasteiger partial charge is 0.276 e. The Hall–Kier alpha value is -1.53. The molecule has 0 bridgehead atoms. The first-order valence-electron chi connectivity index (χ1n) is 5.32. The molecule has 0 saturated heterocycles. The van der Waals surface area contributed by atoms with Gasteiger partial charge in [0, 0.05) is 12.7 Å². The lowest BCUT2D eigenvalue weighted by atomic mass is 10.4. The van der Waals surface area contributed by atoms with Gasteiger partial charge in [-0.3, -0.25) is 9.40 Å². The number of hydrogen-bond acceptors (Lipinski definition) is 3. The molecular weight excluding hydrogens is 274 g/mol. The van der Waals surface area contributed by atoms with E-state index < -0.39 is 10.0 Å². The van der Waals surface area contributed by atoms with Gasteiger partial charge in [-0.05, 0) is 19.1 Å². The highest BCUT2D eigenvalue weighted by atomic mass is 35.5. The summed E-state index contributed by atoms with van der Waals surface area (Å²) in [5, 5.41) is 4.18. The fourth-order valence-corrected chi connectivity index (χ4v) is 3.01. The van der Waals surface area contributed by atoms with Crippen LogP contribution in [0.15, 0.2) is 41.6 Å². The Morgan fingerprint density at radius 3 is 2.72 bits per heavy atom. The predicted molar refractivity (Wildman–Crippen MR) is 70.2 cm³/mol. The second-order valence-electron chi connectivity index (χ2n) is 3.62. The fourth-order valence-electron chi connectivity index (χ4n) is 1.46. The fraction of sp³-hybridized carbons (Fsp3) is 0.182. The highest BCUT2D eigenvalue weighted by molar-refractivity contribution is 7.92. The Labute approximate surface area is 110 Å². The van der Waals surface area contributed by atoms with E-state index in [1.807, 2.05) is 6.92 Å². The van der Waals surface area contributed by atoms with Gasteiger partial charge in [0.2, 0.25) is 0 Å². The SMILES string of the molecule is CCn1cc(NS(=O)(=O)c2ccccc2Cl)cn1. The van der Waals surface area contributed by atoms with Gasteiger partial charge in [0.25, 0.3) is 10.0 Å². The van der Waals surface area contributed by atoms with E-state index in [1.165, 1.54) is 18.3 Å². The molecule has 5 nitrogen and oxygen atoms in total. The molecule has 96 valence electrons. The molecule has 1 aromatic carbocycles. The highest BCUT2D eigenvalue weighted by Gasteiger charge is 2.17. The molecule has 0 fully saturated rings. The van der Waals surface area contributed by atoms with Crippen molar-refractivity contribution in [3.63, 3.8) is 0 Å². The third kappa shape index (κ3) is 2.65. The summed E-state index contributed by atoms with van der Waals surface area (Å²) in [4.78, 5) is 0.0518. The van der Waals surface area contributed by atoms with Crippen LogP contribution in [0.1, 0.15) is 6.92 Å². The average molecular weight is 286 g/mol. The van der Waals surface area contributed by atoms with Crippen molar-refractivity contribution in [3.8, 4) is 0 Å². The van der Waals surface area contributed by atoms with Gasteiger partial charge in [0.05, 0.1) is 16.9 Å². The first kappa shape index (κ1) is 12.9. The minimum absolute atomic E-state index is 0.0518. The van der Waals surface area contributed by atoms with Crippen LogP contribution in [0.2, 0.25) is 5.02 Å². The number of aromatic nitrogens is 2. The van der Waals surface area contributed by atoms with Crippen molar-refractivity contribution in [2.45, 2.75) is 18.4 Å². The van der Waals surface area contributed by atoms with Gasteiger partial charge < -0.3 is 0 Å². The maximum atomic E-state index is 12.1. The van der Waals surface area contributed by atoms with Crippen molar-refractivity contribution in [1.29, 1.82) is 0 Å². The van der Waals surface area contributed by atoms with Crippen molar-refractivity contribution in [2.24, 2.45) is 0 Å². The summed E-state index contributed by atoms with van der Waals surface area (Å²) in [7, 11) is -3.67. The van der Waals surface area contributed by atoms with E-state index >= 15 is 0 Å². The number of rotatable bonds is 4. The minimum Gasteiger partial charge on any atom is -0.276 e. The number of nitrogens with zero attached hydrogens (tertiary/aromatic N) is 2. The average Bonchev–Trinajstić information content (AvgIpc) is 2.76. The quantitative estimate of drug-likeness (QED) is 0.938. The number of benzene rings is 1. The van der Waals surface area contributed by atoms with Gasteiger partial charge in [-0.15, -0.1) is 0 Å². The standard InChI is InChI=1S/C11H12ClN3O2S/c1-2-15-8-9(7-13-15)14-18(16,17)11-6-4-3-5-10(11)12/h3-8,14H,2H2,1H3. The third-order valence-electron chi connectivity index (χ3n) is 2.34. The molecule has 0 aliphatic rings. The summed E-state index contributed by atoms with van der Waals surface area (Å²) in [5.41, 5.74) is 0.414. The number of hydrogen-bond donors (Lipinski definition) is 1. The molecule has 0 atom stereocenters. The van der Waals surface area contributed by atoms with Crippen LogP contribution in [-0.2, 0) is 16.6 Å². The molecule has 0 aliphatic carbocycles. The second-order valence-corrected chi connectivity index (χ2v) is 5.68. The molecule has 0 amide bonds. The second kappa shape index (κ2) is 4.99. The molecular formula is C11H12ClN3O2S. The molecule has 1 N–H and O–H groups in total. The Morgan fingerprint density at radius 1 is 1.39 bits per heavy atom. The van der Waals surface area contributed by atoms with Gasteiger partial charge in [-0.25, -0.2) is 8.42 Å². The molecule has 7 heteroatoms. The van der Waals surface area contributed by atoms with Crippen molar-refractivity contribution in [1.82, 2.24) is 9.78 Å². The topological polar surface area (TPSA) is 64.0 Å². The van der Waals surface area contributed by atoms with Crippen molar-refractivity contribution < 1.29 is 8.42 Å². The van der Waals surface area contributed by atoms with Gasteiger partial charge >= 0.3 is 0 Å². The summed E-state index contributed by atoms with van der Waals surface area (Å²) in [6.45, 7) is 2.59. The van der Waals surface area contributed by atoms with Crippen LogP contribution in [0.25, 0.3) is 0 Å². The number of sulfonamides is 1. The monoisotopic (exact) mass is 285 g/mol. The predicted octanol–water partition coefficient (Wildman–Crippen LogP) is 2.36. The lowest BCUT2D eigenvalue weighted by Gasteiger charge is -2.07. The summed E-state index contributed by atoms with van der Waals surface area (Å²) in [6.07, 6.45) is 3.08. The van der Waals surface area contributed by atoms with Crippen LogP contribution in [0, 0.1) is 0 Å². The summed E-state index contributed by atoms with van der Waals surface area (Å²) >= 11 is 5.87. The Bertz CT molecular complexity index is 652. The van der Waals surface area contributed by atoms with Gasteiger partial charge in [-0.1, -0.05) is 23.7 Å². The Morgan fingerprint density at radius 2 is 2.11 bits per heavy atom. The molecule has 0 aliphatic heterocycles. The summed E-state index contributed by atoms with van der Waals surface area (Å²) in [5.74, 6) is 0. The van der Waals surface area contributed by atoms with Gasteiger partial charge in [0.1, 0.15) is 4.90 Å². The number of anilines is 1. The van der Waals surface area contributed by atoms with E-state index in [1.54, 1.807) is 23.0 Å². The van der Waals surface area contributed by atoms with Gasteiger partial charge in [0.15, 0.2) is 0 Å². The number of nitrogens with one attached hydrogen (secondary N) is 1. The van der Waals surface area contributed by atoms with E-state index in [4.69, 9.17) is 11.6 Å². The Kier molecular flexibility index (Phi) is 3.58. The van der Waals surface area contributed by atoms with Crippen LogP contribution in [0.4, 0.5) is 5.69 Å². The van der Waals surface area contributed by atoms with Crippen molar-refractivity contribution in [3.05, 3.63) is 41.7 Å². The first-order chi connectivity index (χ1) is 8.53. The highest BCUT2D eigenvalue weighted by Crippen LogP contribution is 2.22. The van der Waals surface area contributed by atoms with Gasteiger partial charge in [-0.2, -0.15) is 5.10 Å². The summed E-state index contributed by atoms with van der Waals surface area (Å²) in [6, 6.07) is 6.28. The molecule has 2 aromatic rings. The molecule has 1 heterocycles. The van der Waals surface area contributed by atoms with E-state index in [9.17, 15) is 8.42 Å². The molecule has 0 unspecified atom stereocenters. The Balaban J connectivity index is 2.30. The van der Waals surface area contributed by atoms with Crippen LogP contribution >= 0.6 is 11.6 Å². The van der Waals surface area contributed by atoms with E-state index in [0.29, 0.717) is 12.2 Å². The number of halogens is 1. The zero-order valence-electron chi connectivity index (χ0n) is 9.67. The molecule has 0 spiro atoms. The van der Waals surface area contributed by atoms with E-state index in [2.05, 4.69) is 9.82 Å². The lowest BCUT2D eigenvalue weighted by molar-refractivity contribution is 0.601. The van der Waals surface area contributed by atoms with E-state index in [0.717, 1.165) is 0 Å². The summed E-state index contributed by atoms with van der Waals surface area (Å²) < 4.78 is 28.2. The van der Waals surface area contributed by atoms with Crippen LogP contribution < -0.4 is 4.72 Å². The smallest absolute Gasteiger partial charge is 0.263 e. The maximum absolute atomic E-state index is 12.1. The van der Waals surface area contributed by atoms with Crippen LogP contribution in [0.5, 0.6) is 0 Å². The van der Waals surface area contributed by atoms with E-state index in [-0.39, 0.29) is 9.92 Å². The number of aryl methyl sites for hydroxylation is 1. The molecule has 18 heavy (non-hydrogen) atoms. The third-order valence-corrected chi connectivity index (χ3v) is 4.22. The van der Waals surface area contributed by atoms with Crippen LogP contribution in [0.3, 0.4) is 0 Å².